The highest BCUT2D eigenvalue weighted by atomic mass is 32.1. The Morgan fingerprint density at radius 1 is 1.29 bits per heavy atom. The fraction of sp³-hybridized carbons (Fsp3) is 0.250. The first kappa shape index (κ1) is 11.9. The molecule has 2 aromatic rings. The number of thiazole rings is 1. The Kier molecular flexibility index (Phi) is 3.61. The van der Waals surface area contributed by atoms with Crippen LogP contribution < -0.4 is 5.32 Å². The number of hydrogen-bond acceptors (Lipinski definition) is 5. The van der Waals surface area contributed by atoms with Crippen molar-refractivity contribution in [2.24, 2.45) is 0 Å². The molecule has 0 aliphatic heterocycles. The lowest BCUT2D eigenvalue weighted by Crippen LogP contribution is -2.13. The molecule has 0 aliphatic carbocycles. The second-order valence-electron chi connectivity index (χ2n) is 3.75. The minimum atomic E-state index is -0.0891. The van der Waals surface area contributed by atoms with Crippen LogP contribution in [-0.2, 0) is 13.1 Å². The molecule has 0 radical (unpaired) electrons. The van der Waals surface area contributed by atoms with Crippen molar-refractivity contribution in [1.29, 1.82) is 0 Å². The van der Waals surface area contributed by atoms with Gasteiger partial charge in [0.1, 0.15) is 0 Å². The first-order chi connectivity index (χ1) is 8.16. The highest BCUT2D eigenvalue weighted by Crippen LogP contribution is 2.27. The van der Waals surface area contributed by atoms with E-state index in [1.807, 2.05) is 12.3 Å². The number of aromatic nitrogens is 1. The highest BCUT2D eigenvalue weighted by molar-refractivity contribution is 7.09. The molecule has 4 nitrogen and oxygen atoms in total. The normalized spacial score (nSPS) is 10.6. The average molecular weight is 250 g/mol. The van der Waals surface area contributed by atoms with E-state index in [1.165, 1.54) is 6.07 Å². The van der Waals surface area contributed by atoms with Gasteiger partial charge in [0.2, 0.25) is 0 Å². The van der Waals surface area contributed by atoms with Crippen LogP contribution in [0.15, 0.2) is 23.6 Å². The van der Waals surface area contributed by atoms with Gasteiger partial charge in [-0.1, -0.05) is 12.1 Å². The van der Waals surface area contributed by atoms with Gasteiger partial charge in [-0.05, 0) is 13.0 Å². The van der Waals surface area contributed by atoms with Crippen molar-refractivity contribution >= 4 is 11.3 Å². The van der Waals surface area contributed by atoms with E-state index >= 15 is 0 Å². The van der Waals surface area contributed by atoms with E-state index in [-0.39, 0.29) is 11.5 Å². The summed E-state index contributed by atoms with van der Waals surface area (Å²) in [6.45, 7) is 3.12. The number of hydrogen-bond donors (Lipinski definition) is 3. The van der Waals surface area contributed by atoms with Crippen LogP contribution in [0.3, 0.4) is 0 Å². The Hall–Kier alpha value is -1.59. The zero-order valence-electron chi connectivity index (χ0n) is 9.47. The number of aryl methyl sites for hydroxylation is 1. The lowest BCUT2D eigenvalue weighted by Gasteiger charge is -2.06. The topological polar surface area (TPSA) is 65.4 Å². The second-order valence-corrected chi connectivity index (χ2v) is 4.81. The molecule has 17 heavy (non-hydrogen) atoms. The van der Waals surface area contributed by atoms with Gasteiger partial charge in [0.15, 0.2) is 11.5 Å². The summed E-state index contributed by atoms with van der Waals surface area (Å²) in [6.07, 6.45) is 0. The molecule has 0 aliphatic rings. The summed E-state index contributed by atoms with van der Waals surface area (Å²) < 4.78 is 0. The van der Waals surface area contributed by atoms with Gasteiger partial charge in [-0.3, -0.25) is 0 Å². The SMILES string of the molecule is Cc1nc(CNCc2cccc(O)c2O)cs1. The number of phenolic OH excluding ortho intramolecular Hbond substituents is 2. The molecule has 2 rings (SSSR count). The maximum absolute atomic E-state index is 9.60. The zero-order valence-corrected chi connectivity index (χ0v) is 10.3. The van der Waals surface area contributed by atoms with E-state index in [4.69, 9.17) is 0 Å². The van der Waals surface area contributed by atoms with Gasteiger partial charge in [-0.25, -0.2) is 4.98 Å². The molecular weight excluding hydrogens is 236 g/mol. The van der Waals surface area contributed by atoms with Crippen molar-refractivity contribution in [2.45, 2.75) is 20.0 Å². The molecular formula is C12H14N2O2S. The molecule has 0 amide bonds. The van der Waals surface area contributed by atoms with Gasteiger partial charge in [0, 0.05) is 24.0 Å². The minimum Gasteiger partial charge on any atom is -0.504 e. The molecule has 0 fully saturated rings. The van der Waals surface area contributed by atoms with Crippen LogP contribution in [0, 0.1) is 6.92 Å². The number of para-hydroxylation sites is 1. The number of nitrogens with one attached hydrogen (secondary N) is 1. The number of phenols is 2. The van der Waals surface area contributed by atoms with Gasteiger partial charge >= 0.3 is 0 Å². The van der Waals surface area contributed by atoms with Crippen LogP contribution in [0.5, 0.6) is 11.5 Å². The van der Waals surface area contributed by atoms with Crippen LogP contribution in [0.4, 0.5) is 0 Å². The third-order valence-corrected chi connectivity index (χ3v) is 3.21. The van der Waals surface area contributed by atoms with E-state index in [9.17, 15) is 10.2 Å². The summed E-state index contributed by atoms with van der Waals surface area (Å²) in [7, 11) is 0. The van der Waals surface area contributed by atoms with Gasteiger partial charge < -0.3 is 15.5 Å². The number of aromatic hydroxyl groups is 2. The van der Waals surface area contributed by atoms with Gasteiger partial charge in [-0.2, -0.15) is 0 Å². The maximum Gasteiger partial charge on any atom is 0.161 e. The maximum atomic E-state index is 9.60. The smallest absolute Gasteiger partial charge is 0.161 e. The number of nitrogens with zero attached hydrogens (tertiary/aromatic N) is 1. The van der Waals surface area contributed by atoms with Gasteiger partial charge in [-0.15, -0.1) is 11.3 Å². The molecule has 0 atom stereocenters. The quantitative estimate of drug-likeness (QED) is 0.727. The summed E-state index contributed by atoms with van der Waals surface area (Å²) >= 11 is 1.62. The fourth-order valence-corrected chi connectivity index (χ4v) is 2.15. The monoisotopic (exact) mass is 250 g/mol. The number of benzene rings is 1. The van der Waals surface area contributed by atoms with E-state index in [0.29, 0.717) is 18.7 Å². The predicted octanol–water partition coefficient (Wildman–Crippen LogP) is 2.15. The summed E-state index contributed by atoms with van der Waals surface area (Å²) in [6, 6.07) is 4.94. The van der Waals surface area contributed by atoms with Crippen molar-refractivity contribution in [2.75, 3.05) is 0 Å². The average Bonchev–Trinajstić information content (AvgIpc) is 2.70. The van der Waals surface area contributed by atoms with Crippen LogP contribution in [0.1, 0.15) is 16.3 Å². The van der Waals surface area contributed by atoms with Crippen LogP contribution >= 0.6 is 11.3 Å². The lowest BCUT2D eigenvalue weighted by atomic mass is 10.2. The minimum absolute atomic E-state index is 0.0607. The first-order valence-electron chi connectivity index (χ1n) is 5.28. The van der Waals surface area contributed by atoms with Crippen molar-refractivity contribution < 1.29 is 10.2 Å². The summed E-state index contributed by atoms with van der Waals surface area (Å²) in [5, 5.41) is 25.1. The Labute approximate surface area is 104 Å². The summed E-state index contributed by atoms with van der Waals surface area (Å²) in [5.41, 5.74) is 1.67. The standard InChI is InChI=1S/C12H14N2O2S/c1-8-14-10(7-17-8)6-13-5-9-3-2-4-11(15)12(9)16/h2-4,7,13,15-16H,5-6H2,1H3. The summed E-state index contributed by atoms with van der Waals surface area (Å²) in [4.78, 5) is 4.33. The Morgan fingerprint density at radius 2 is 2.12 bits per heavy atom. The molecule has 1 aromatic carbocycles. The van der Waals surface area contributed by atoms with Crippen molar-refractivity contribution in [1.82, 2.24) is 10.3 Å². The first-order valence-corrected chi connectivity index (χ1v) is 6.16. The Balaban J connectivity index is 1.92. The van der Waals surface area contributed by atoms with Crippen LogP contribution in [0.2, 0.25) is 0 Å². The van der Waals surface area contributed by atoms with Crippen LogP contribution in [0.25, 0.3) is 0 Å². The van der Waals surface area contributed by atoms with Crippen LogP contribution in [-0.4, -0.2) is 15.2 Å². The fourth-order valence-electron chi connectivity index (χ4n) is 1.54. The molecule has 0 saturated heterocycles. The van der Waals surface area contributed by atoms with Gasteiger partial charge in [0.25, 0.3) is 0 Å². The Bertz CT molecular complexity index is 511. The van der Waals surface area contributed by atoms with Gasteiger partial charge in [0.05, 0.1) is 10.7 Å². The molecule has 90 valence electrons. The largest absolute Gasteiger partial charge is 0.504 e. The highest BCUT2D eigenvalue weighted by Gasteiger charge is 2.05. The predicted molar refractivity (Wildman–Crippen MR) is 67.2 cm³/mol. The molecule has 0 unspecified atom stereocenters. The number of rotatable bonds is 4. The zero-order chi connectivity index (χ0) is 12.3. The van der Waals surface area contributed by atoms with Crippen molar-refractivity contribution in [3.63, 3.8) is 0 Å². The summed E-state index contributed by atoms with van der Waals surface area (Å²) in [5.74, 6) is -0.150. The third kappa shape index (κ3) is 2.95. The molecule has 1 aromatic heterocycles. The van der Waals surface area contributed by atoms with E-state index in [1.54, 1.807) is 23.5 Å². The van der Waals surface area contributed by atoms with E-state index < -0.39 is 0 Å². The second kappa shape index (κ2) is 5.16. The molecule has 0 spiro atoms. The molecule has 3 N–H and O–H groups in total. The van der Waals surface area contributed by atoms with Crippen molar-refractivity contribution in [3.05, 3.63) is 39.8 Å². The Morgan fingerprint density at radius 3 is 2.82 bits per heavy atom. The van der Waals surface area contributed by atoms with Crippen molar-refractivity contribution in [3.8, 4) is 11.5 Å². The van der Waals surface area contributed by atoms with E-state index in [0.717, 1.165) is 10.7 Å². The molecule has 0 saturated carbocycles. The molecule has 0 bridgehead atoms. The lowest BCUT2D eigenvalue weighted by molar-refractivity contribution is 0.397. The molecule has 1 heterocycles. The molecule has 5 heteroatoms. The third-order valence-electron chi connectivity index (χ3n) is 2.39. The van der Waals surface area contributed by atoms with E-state index in [2.05, 4.69) is 10.3 Å².